The Hall–Kier alpha value is -1.36. The lowest BCUT2D eigenvalue weighted by Gasteiger charge is -2.30. The number of hydrogen-bond acceptors (Lipinski definition) is 5. The molecule has 0 saturated heterocycles. The van der Waals surface area contributed by atoms with E-state index >= 15 is 0 Å². The van der Waals surface area contributed by atoms with Gasteiger partial charge in [0.1, 0.15) is 18.0 Å². The van der Waals surface area contributed by atoms with Crippen LogP contribution in [-0.4, -0.2) is 33.8 Å². The molecule has 1 saturated carbocycles. The van der Waals surface area contributed by atoms with E-state index in [1.165, 1.54) is 0 Å². The van der Waals surface area contributed by atoms with Crippen LogP contribution in [0.1, 0.15) is 64.4 Å². The summed E-state index contributed by atoms with van der Waals surface area (Å²) in [6.07, 6.45) is 6.54. The second kappa shape index (κ2) is 7.59. The van der Waals surface area contributed by atoms with Gasteiger partial charge >= 0.3 is 0 Å². The predicted molar refractivity (Wildman–Crippen MR) is 86.8 cm³/mol. The molecule has 0 aromatic carbocycles. The number of aliphatic hydroxyl groups is 1. The number of aromatic nitrogens is 2. The summed E-state index contributed by atoms with van der Waals surface area (Å²) < 4.78 is 0. The van der Waals surface area contributed by atoms with Crippen molar-refractivity contribution < 1.29 is 5.11 Å². The van der Waals surface area contributed by atoms with Gasteiger partial charge in [-0.25, -0.2) is 9.97 Å². The van der Waals surface area contributed by atoms with Crippen LogP contribution in [0.15, 0.2) is 6.33 Å². The van der Waals surface area contributed by atoms with Crippen LogP contribution in [0.25, 0.3) is 0 Å². The molecule has 2 rings (SSSR count). The van der Waals surface area contributed by atoms with Crippen LogP contribution in [0.5, 0.6) is 0 Å². The maximum Gasteiger partial charge on any atom is 0.135 e. The van der Waals surface area contributed by atoms with Gasteiger partial charge in [0.2, 0.25) is 0 Å². The van der Waals surface area contributed by atoms with Crippen LogP contribution in [0, 0.1) is 0 Å². The first-order valence-corrected chi connectivity index (χ1v) is 8.16. The van der Waals surface area contributed by atoms with E-state index in [1.807, 2.05) is 0 Å². The fourth-order valence-electron chi connectivity index (χ4n) is 2.90. The fraction of sp³-hybridized carbons (Fsp3) is 0.750. The maximum absolute atomic E-state index is 10.1. The Bertz CT molecular complexity index is 450. The minimum Gasteiger partial charge on any atom is -0.391 e. The van der Waals surface area contributed by atoms with Gasteiger partial charge in [0, 0.05) is 12.1 Å². The van der Waals surface area contributed by atoms with Gasteiger partial charge in [-0.3, -0.25) is 0 Å². The Morgan fingerprint density at radius 1 is 1.24 bits per heavy atom. The summed E-state index contributed by atoms with van der Waals surface area (Å²) in [5.41, 5.74) is 1.11. The molecule has 0 bridgehead atoms. The van der Waals surface area contributed by atoms with E-state index in [0.717, 1.165) is 55.8 Å². The van der Waals surface area contributed by atoms with Crippen molar-refractivity contribution in [1.29, 1.82) is 0 Å². The van der Waals surface area contributed by atoms with E-state index in [4.69, 9.17) is 0 Å². The number of aliphatic hydroxyl groups excluding tert-OH is 1. The first kappa shape index (κ1) is 16.0. The molecule has 1 aromatic rings. The summed E-state index contributed by atoms with van der Waals surface area (Å²) in [6.45, 7) is 7.35. The van der Waals surface area contributed by atoms with Gasteiger partial charge in [-0.1, -0.05) is 33.6 Å². The highest BCUT2D eigenvalue weighted by molar-refractivity contribution is 5.59. The largest absolute Gasteiger partial charge is 0.391 e. The second-order valence-electron chi connectivity index (χ2n) is 6.17. The normalized spacial score (nSPS) is 22.3. The molecule has 2 atom stereocenters. The first-order valence-electron chi connectivity index (χ1n) is 8.16. The van der Waals surface area contributed by atoms with Crippen LogP contribution in [0.2, 0.25) is 0 Å². The average Bonchev–Trinajstić information content (AvgIpc) is 2.47. The molecule has 1 aliphatic rings. The number of nitrogens with one attached hydrogen (secondary N) is 2. The van der Waals surface area contributed by atoms with Crippen LogP contribution < -0.4 is 10.6 Å². The number of rotatable bonds is 6. The highest BCUT2D eigenvalue weighted by Gasteiger charge is 2.25. The Balaban J connectivity index is 2.21. The van der Waals surface area contributed by atoms with Crippen LogP contribution >= 0.6 is 0 Å². The third kappa shape index (κ3) is 4.06. The molecule has 0 spiro atoms. The zero-order valence-corrected chi connectivity index (χ0v) is 13.4. The van der Waals surface area contributed by atoms with Crippen molar-refractivity contribution in [3.63, 3.8) is 0 Å². The summed E-state index contributed by atoms with van der Waals surface area (Å²) in [6, 6.07) is 0.102. The second-order valence-corrected chi connectivity index (χ2v) is 6.17. The highest BCUT2D eigenvalue weighted by atomic mass is 16.3. The van der Waals surface area contributed by atoms with Crippen molar-refractivity contribution >= 4 is 11.6 Å². The van der Waals surface area contributed by atoms with Crippen molar-refractivity contribution in [3.05, 3.63) is 11.9 Å². The minimum absolute atomic E-state index is 0.102. The van der Waals surface area contributed by atoms with Gasteiger partial charge in [0.25, 0.3) is 0 Å². The smallest absolute Gasteiger partial charge is 0.135 e. The van der Waals surface area contributed by atoms with E-state index in [0.29, 0.717) is 5.92 Å². The van der Waals surface area contributed by atoms with Crippen molar-refractivity contribution in [1.82, 2.24) is 9.97 Å². The molecule has 1 aliphatic carbocycles. The molecular formula is C16H28N4O. The van der Waals surface area contributed by atoms with Crippen molar-refractivity contribution in [2.24, 2.45) is 0 Å². The molecule has 0 aliphatic heterocycles. The van der Waals surface area contributed by atoms with E-state index < -0.39 is 0 Å². The van der Waals surface area contributed by atoms with E-state index in [1.54, 1.807) is 6.33 Å². The summed E-state index contributed by atoms with van der Waals surface area (Å²) >= 11 is 0. The lowest BCUT2D eigenvalue weighted by Crippen LogP contribution is -2.37. The Kier molecular flexibility index (Phi) is 5.79. The summed E-state index contributed by atoms with van der Waals surface area (Å²) in [5.74, 6) is 2.10. The highest BCUT2D eigenvalue weighted by Crippen LogP contribution is 2.30. The fourth-order valence-corrected chi connectivity index (χ4v) is 2.90. The van der Waals surface area contributed by atoms with Crippen LogP contribution in [0.4, 0.5) is 11.6 Å². The standard InChI is InChI=1S/C16H28N4O/c1-4-9-17-15-14(11(2)3)16(19-10-18-15)20-12-7-5-6-8-13(12)21/h10-13,21H,4-9H2,1-3H3,(H2,17,18,19,20). The maximum atomic E-state index is 10.1. The molecule has 1 fully saturated rings. The Morgan fingerprint density at radius 3 is 2.62 bits per heavy atom. The molecule has 2 unspecified atom stereocenters. The van der Waals surface area contributed by atoms with Gasteiger partial charge in [-0.15, -0.1) is 0 Å². The van der Waals surface area contributed by atoms with E-state index in [9.17, 15) is 5.11 Å². The zero-order chi connectivity index (χ0) is 15.2. The average molecular weight is 292 g/mol. The van der Waals surface area contributed by atoms with Crippen molar-refractivity contribution in [2.45, 2.75) is 70.9 Å². The topological polar surface area (TPSA) is 70.1 Å². The molecule has 5 heteroatoms. The third-order valence-corrected chi connectivity index (χ3v) is 4.06. The van der Waals surface area contributed by atoms with Gasteiger partial charge in [-0.05, 0) is 25.2 Å². The van der Waals surface area contributed by atoms with Gasteiger partial charge < -0.3 is 15.7 Å². The molecule has 118 valence electrons. The van der Waals surface area contributed by atoms with Crippen molar-refractivity contribution in [2.75, 3.05) is 17.2 Å². The number of anilines is 2. The molecule has 21 heavy (non-hydrogen) atoms. The Morgan fingerprint density at radius 2 is 1.95 bits per heavy atom. The summed E-state index contributed by atoms with van der Waals surface area (Å²) in [5, 5.41) is 17.0. The van der Waals surface area contributed by atoms with Crippen LogP contribution in [0.3, 0.4) is 0 Å². The lowest BCUT2D eigenvalue weighted by atomic mass is 9.92. The van der Waals surface area contributed by atoms with Gasteiger partial charge in [0.05, 0.1) is 12.1 Å². The first-order chi connectivity index (χ1) is 10.1. The minimum atomic E-state index is -0.277. The summed E-state index contributed by atoms with van der Waals surface area (Å²) in [7, 11) is 0. The Labute approximate surface area is 127 Å². The zero-order valence-electron chi connectivity index (χ0n) is 13.4. The van der Waals surface area contributed by atoms with E-state index in [-0.39, 0.29) is 12.1 Å². The molecule has 0 amide bonds. The number of hydrogen-bond donors (Lipinski definition) is 3. The third-order valence-electron chi connectivity index (χ3n) is 4.06. The van der Waals surface area contributed by atoms with Crippen LogP contribution in [-0.2, 0) is 0 Å². The molecule has 5 nitrogen and oxygen atoms in total. The molecule has 1 heterocycles. The molecule has 3 N–H and O–H groups in total. The lowest BCUT2D eigenvalue weighted by molar-refractivity contribution is 0.116. The quantitative estimate of drug-likeness (QED) is 0.751. The van der Waals surface area contributed by atoms with Gasteiger partial charge in [0.15, 0.2) is 0 Å². The summed E-state index contributed by atoms with van der Waals surface area (Å²) in [4.78, 5) is 8.81. The van der Waals surface area contributed by atoms with E-state index in [2.05, 4.69) is 41.4 Å². The SMILES string of the molecule is CCCNc1ncnc(NC2CCCCC2O)c1C(C)C. The number of nitrogens with zero attached hydrogens (tertiary/aromatic N) is 2. The predicted octanol–water partition coefficient (Wildman–Crippen LogP) is 3.14. The monoisotopic (exact) mass is 292 g/mol. The molecule has 0 radical (unpaired) electrons. The molecule has 1 aromatic heterocycles. The molecular weight excluding hydrogens is 264 g/mol. The van der Waals surface area contributed by atoms with Gasteiger partial charge in [-0.2, -0.15) is 0 Å². The van der Waals surface area contributed by atoms with Crippen molar-refractivity contribution in [3.8, 4) is 0 Å².